The maximum Gasteiger partial charge on any atom is 0.0264 e. The Labute approximate surface area is 56.4 Å². The zero-order valence-electron chi connectivity index (χ0n) is 6.17. The number of rotatable bonds is 0. The molecule has 2 atom stereocenters. The van der Waals surface area contributed by atoms with Gasteiger partial charge in [-0.3, -0.25) is 0 Å². The highest BCUT2D eigenvalue weighted by Crippen LogP contribution is 2.18. The first-order valence-electron chi connectivity index (χ1n) is 3.62. The smallest absolute Gasteiger partial charge is 0.0264 e. The second-order valence-corrected chi connectivity index (χ2v) is 3.32. The van der Waals surface area contributed by atoms with Crippen molar-refractivity contribution in [2.24, 2.45) is 11.8 Å². The number of hydroxylamine groups is 2. The van der Waals surface area contributed by atoms with Gasteiger partial charge in [0.25, 0.3) is 0 Å². The molecule has 1 rings (SSSR count). The van der Waals surface area contributed by atoms with Crippen LogP contribution in [0.25, 0.3) is 0 Å². The molecule has 0 aliphatic carbocycles. The molecule has 2 heteroatoms. The van der Waals surface area contributed by atoms with Crippen LogP contribution in [0.4, 0.5) is 0 Å². The van der Waals surface area contributed by atoms with E-state index in [4.69, 9.17) is 5.21 Å². The third kappa shape index (κ3) is 1.95. The molecule has 0 saturated carbocycles. The van der Waals surface area contributed by atoms with E-state index in [0.717, 1.165) is 13.1 Å². The largest absolute Gasteiger partial charge is 0.314 e. The summed E-state index contributed by atoms with van der Waals surface area (Å²) in [5, 5.41) is 10.5. The third-order valence-corrected chi connectivity index (χ3v) is 1.85. The average Bonchev–Trinajstić information content (AvgIpc) is 1.59. The van der Waals surface area contributed by atoms with E-state index in [2.05, 4.69) is 13.8 Å². The molecular weight excluding hydrogens is 114 g/mol. The Balaban J connectivity index is 2.34. The summed E-state index contributed by atoms with van der Waals surface area (Å²) in [7, 11) is 0. The van der Waals surface area contributed by atoms with Gasteiger partial charge in [0.05, 0.1) is 0 Å². The molecule has 1 saturated heterocycles. The minimum Gasteiger partial charge on any atom is -0.314 e. The average molecular weight is 129 g/mol. The predicted octanol–water partition coefficient (Wildman–Crippen LogP) is 1.35. The summed E-state index contributed by atoms with van der Waals surface area (Å²) in [5.74, 6) is 1.33. The van der Waals surface area contributed by atoms with E-state index in [9.17, 15) is 0 Å². The number of hydrogen-bond donors (Lipinski definition) is 1. The Kier molecular flexibility index (Phi) is 2.09. The fraction of sp³-hybridized carbons (Fsp3) is 1.00. The van der Waals surface area contributed by atoms with E-state index < -0.39 is 0 Å². The highest BCUT2D eigenvalue weighted by Gasteiger charge is 2.19. The van der Waals surface area contributed by atoms with Crippen LogP contribution in [0.5, 0.6) is 0 Å². The molecule has 0 amide bonds. The first kappa shape index (κ1) is 7.03. The molecular formula is C7H15NO. The molecule has 54 valence electrons. The van der Waals surface area contributed by atoms with Crippen molar-refractivity contribution in [2.75, 3.05) is 13.1 Å². The molecule has 2 unspecified atom stereocenters. The molecule has 0 aromatic rings. The van der Waals surface area contributed by atoms with Crippen LogP contribution in [0.15, 0.2) is 0 Å². The first-order valence-corrected chi connectivity index (χ1v) is 3.62. The lowest BCUT2D eigenvalue weighted by Crippen LogP contribution is -2.35. The number of hydrogen-bond acceptors (Lipinski definition) is 2. The summed E-state index contributed by atoms with van der Waals surface area (Å²) in [5.41, 5.74) is 0. The topological polar surface area (TPSA) is 23.5 Å². The van der Waals surface area contributed by atoms with Gasteiger partial charge in [0, 0.05) is 13.1 Å². The molecule has 1 aliphatic rings. The Morgan fingerprint density at radius 1 is 1.22 bits per heavy atom. The molecule has 0 bridgehead atoms. The quantitative estimate of drug-likeness (QED) is 0.533. The summed E-state index contributed by atoms with van der Waals surface area (Å²) in [6.45, 7) is 6.06. The summed E-state index contributed by atoms with van der Waals surface area (Å²) >= 11 is 0. The molecule has 0 aromatic heterocycles. The van der Waals surface area contributed by atoms with Crippen LogP contribution in [0.1, 0.15) is 20.3 Å². The van der Waals surface area contributed by atoms with Gasteiger partial charge in [-0.05, 0) is 18.3 Å². The standard InChI is InChI=1S/C7H15NO/c1-6-3-7(2)5-8(9)4-6/h6-7,9H,3-5H2,1-2H3. The van der Waals surface area contributed by atoms with Crippen molar-refractivity contribution in [3.63, 3.8) is 0 Å². The molecule has 1 N–H and O–H groups in total. The van der Waals surface area contributed by atoms with Crippen LogP contribution < -0.4 is 0 Å². The molecule has 9 heavy (non-hydrogen) atoms. The van der Waals surface area contributed by atoms with Gasteiger partial charge in [-0.25, -0.2) is 0 Å². The van der Waals surface area contributed by atoms with E-state index >= 15 is 0 Å². The van der Waals surface area contributed by atoms with Crippen molar-refractivity contribution in [2.45, 2.75) is 20.3 Å². The summed E-state index contributed by atoms with van der Waals surface area (Å²) in [4.78, 5) is 0. The molecule has 1 aliphatic heterocycles. The number of piperidine rings is 1. The maximum atomic E-state index is 9.08. The molecule has 1 heterocycles. The fourth-order valence-electron chi connectivity index (χ4n) is 1.63. The maximum absolute atomic E-state index is 9.08. The van der Waals surface area contributed by atoms with Crippen molar-refractivity contribution < 1.29 is 5.21 Å². The molecule has 0 radical (unpaired) electrons. The second-order valence-electron chi connectivity index (χ2n) is 3.32. The van der Waals surface area contributed by atoms with E-state index in [1.807, 2.05) is 0 Å². The lowest BCUT2D eigenvalue weighted by Gasteiger charge is -2.30. The van der Waals surface area contributed by atoms with E-state index in [-0.39, 0.29) is 0 Å². The molecule has 0 aromatic carbocycles. The van der Waals surface area contributed by atoms with Gasteiger partial charge in [0.15, 0.2) is 0 Å². The Morgan fingerprint density at radius 2 is 1.67 bits per heavy atom. The lowest BCUT2D eigenvalue weighted by atomic mass is 9.93. The van der Waals surface area contributed by atoms with Gasteiger partial charge in [-0.2, -0.15) is 5.06 Å². The predicted molar refractivity (Wildman–Crippen MR) is 36.3 cm³/mol. The van der Waals surface area contributed by atoms with Crippen molar-refractivity contribution in [3.8, 4) is 0 Å². The highest BCUT2D eigenvalue weighted by atomic mass is 16.5. The summed E-state index contributed by atoms with van der Waals surface area (Å²) < 4.78 is 0. The van der Waals surface area contributed by atoms with Crippen LogP contribution >= 0.6 is 0 Å². The first-order chi connectivity index (χ1) is 4.18. The summed E-state index contributed by atoms with van der Waals surface area (Å²) in [6.07, 6.45) is 1.26. The zero-order valence-corrected chi connectivity index (χ0v) is 6.17. The molecule has 2 nitrogen and oxygen atoms in total. The van der Waals surface area contributed by atoms with Gasteiger partial charge >= 0.3 is 0 Å². The molecule has 1 fully saturated rings. The van der Waals surface area contributed by atoms with Crippen LogP contribution in [-0.2, 0) is 0 Å². The van der Waals surface area contributed by atoms with E-state index in [1.54, 1.807) is 0 Å². The van der Waals surface area contributed by atoms with Gasteiger partial charge in [-0.1, -0.05) is 13.8 Å². The van der Waals surface area contributed by atoms with Crippen LogP contribution in [0.2, 0.25) is 0 Å². The normalized spacial score (nSPS) is 39.0. The van der Waals surface area contributed by atoms with Gasteiger partial charge in [0.1, 0.15) is 0 Å². The second kappa shape index (κ2) is 2.67. The van der Waals surface area contributed by atoms with Crippen molar-refractivity contribution in [1.82, 2.24) is 5.06 Å². The van der Waals surface area contributed by atoms with Crippen LogP contribution in [0, 0.1) is 11.8 Å². The van der Waals surface area contributed by atoms with Crippen molar-refractivity contribution in [3.05, 3.63) is 0 Å². The Hall–Kier alpha value is -0.0800. The zero-order chi connectivity index (χ0) is 6.85. The Morgan fingerprint density at radius 3 is 2.00 bits per heavy atom. The minimum atomic E-state index is 0.666. The van der Waals surface area contributed by atoms with Gasteiger partial charge < -0.3 is 5.21 Å². The number of nitrogens with zero attached hydrogens (tertiary/aromatic N) is 1. The third-order valence-electron chi connectivity index (χ3n) is 1.85. The Bertz CT molecular complexity index is 69.9. The minimum absolute atomic E-state index is 0.666. The fourth-order valence-corrected chi connectivity index (χ4v) is 1.63. The summed E-state index contributed by atoms with van der Waals surface area (Å²) in [6, 6.07) is 0. The highest BCUT2D eigenvalue weighted by molar-refractivity contribution is 4.68. The van der Waals surface area contributed by atoms with Gasteiger partial charge in [-0.15, -0.1) is 0 Å². The lowest BCUT2D eigenvalue weighted by molar-refractivity contribution is -0.128. The van der Waals surface area contributed by atoms with Crippen LogP contribution in [0.3, 0.4) is 0 Å². The molecule has 0 spiro atoms. The van der Waals surface area contributed by atoms with Crippen molar-refractivity contribution in [1.29, 1.82) is 0 Å². The van der Waals surface area contributed by atoms with Crippen molar-refractivity contribution >= 4 is 0 Å². The monoisotopic (exact) mass is 129 g/mol. The van der Waals surface area contributed by atoms with E-state index in [1.165, 1.54) is 11.5 Å². The van der Waals surface area contributed by atoms with E-state index in [0.29, 0.717) is 11.8 Å². The van der Waals surface area contributed by atoms with Crippen LogP contribution in [-0.4, -0.2) is 23.4 Å². The van der Waals surface area contributed by atoms with Gasteiger partial charge in [0.2, 0.25) is 0 Å². The SMILES string of the molecule is CC1CC(C)CN(O)C1.